The van der Waals surface area contributed by atoms with Crippen LogP contribution in [0.2, 0.25) is 0 Å². The maximum Gasteiger partial charge on any atom is 0.343 e. The predicted octanol–water partition coefficient (Wildman–Crippen LogP) is 3.15. The van der Waals surface area contributed by atoms with Crippen molar-refractivity contribution >= 4 is 5.97 Å². The molecule has 1 N–H and O–H groups in total. The molecule has 0 unspecified atom stereocenters. The standard InChI is InChI=1S/C19H23NO3/c1-14-9-17(12-20-11-16-7-5-4-6-8-16)10-15(2)19(14)23-13-18(21)22-3/h4-10,20H,11-13H2,1-3H3. The first-order valence-electron chi connectivity index (χ1n) is 7.64. The van der Waals surface area contributed by atoms with Crippen LogP contribution >= 0.6 is 0 Å². The lowest BCUT2D eigenvalue weighted by Crippen LogP contribution is -2.15. The Balaban J connectivity index is 1.94. The molecule has 2 aromatic rings. The quantitative estimate of drug-likeness (QED) is 0.798. The number of aryl methyl sites for hydroxylation is 2. The number of carbonyl (C=O) groups excluding carboxylic acids is 1. The van der Waals surface area contributed by atoms with E-state index in [2.05, 4.69) is 34.3 Å². The molecule has 0 atom stereocenters. The van der Waals surface area contributed by atoms with E-state index in [1.807, 2.05) is 32.0 Å². The molecule has 23 heavy (non-hydrogen) atoms. The number of hydrogen-bond donors (Lipinski definition) is 1. The van der Waals surface area contributed by atoms with Crippen LogP contribution in [0.25, 0.3) is 0 Å². The summed E-state index contributed by atoms with van der Waals surface area (Å²) in [6.07, 6.45) is 0. The summed E-state index contributed by atoms with van der Waals surface area (Å²) in [7, 11) is 1.35. The van der Waals surface area contributed by atoms with Crippen LogP contribution in [-0.2, 0) is 22.6 Å². The van der Waals surface area contributed by atoms with Gasteiger partial charge in [-0.3, -0.25) is 0 Å². The van der Waals surface area contributed by atoms with Gasteiger partial charge in [0, 0.05) is 13.1 Å². The molecule has 0 aliphatic rings. The minimum Gasteiger partial charge on any atom is -0.481 e. The second kappa shape index (κ2) is 8.34. The van der Waals surface area contributed by atoms with E-state index in [0.29, 0.717) is 0 Å². The van der Waals surface area contributed by atoms with Crippen LogP contribution in [-0.4, -0.2) is 19.7 Å². The first kappa shape index (κ1) is 17.0. The highest BCUT2D eigenvalue weighted by atomic mass is 16.6. The SMILES string of the molecule is COC(=O)COc1c(C)cc(CNCc2ccccc2)cc1C. The molecule has 2 rings (SSSR count). The molecule has 0 saturated heterocycles. The molecule has 0 heterocycles. The van der Waals surface area contributed by atoms with E-state index < -0.39 is 0 Å². The lowest BCUT2D eigenvalue weighted by atomic mass is 10.1. The fourth-order valence-electron chi connectivity index (χ4n) is 2.51. The second-order valence-electron chi connectivity index (χ2n) is 5.51. The number of methoxy groups -OCH3 is 1. The average molecular weight is 313 g/mol. The summed E-state index contributed by atoms with van der Waals surface area (Å²) in [4.78, 5) is 11.2. The molecule has 4 nitrogen and oxygen atoms in total. The number of nitrogens with one attached hydrogen (secondary N) is 1. The van der Waals surface area contributed by atoms with Crippen LogP contribution in [0.1, 0.15) is 22.3 Å². The minimum absolute atomic E-state index is 0.0657. The van der Waals surface area contributed by atoms with Gasteiger partial charge in [0.1, 0.15) is 5.75 Å². The molecule has 0 aliphatic heterocycles. The second-order valence-corrected chi connectivity index (χ2v) is 5.51. The average Bonchev–Trinajstić information content (AvgIpc) is 2.55. The molecule has 0 amide bonds. The molecular formula is C19H23NO3. The number of esters is 1. The smallest absolute Gasteiger partial charge is 0.343 e. The largest absolute Gasteiger partial charge is 0.481 e. The number of ether oxygens (including phenoxy) is 2. The van der Waals surface area contributed by atoms with E-state index >= 15 is 0 Å². The Bertz CT molecular complexity index is 630. The monoisotopic (exact) mass is 313 g/mol. The summed E-state index contributed by atoms with van der Waals surface area (Å²) in [6.45, 7) is 5.53. The predicted molar refractivity (Wildman–Crippen MR) is 90.4 cm³/mol. The molecule has 4 heteroatoms. The Morgan fingerprint density at radius 2 is 1.61 bits per heavy atom. The van der Waals surface area contributed by atoms with E-state index in [9.17, 15) is 4.79 Å². The maximum absolute atomic E-state index is 11.2. The van der Waals surface area contributed by atoms with Crippen LogP contribution < -0.4 is 10.1 Å². The van der Waals surface area contributed by atoms with Gasteiger partial charge < -0.3 is 14.8 Å². The van der Waals surface area contributed by atoms with Gasteiger partial charge in [-0.25, -0.2) is 4.79 Å². The van der Waals surface area contributed by atoms with Gasteiger partial charge in [-0.1, -0.05) is 42.5 Å². The molecule has 0 aromatic heterocycles. The highest BCUT2D eigenvalue weighted by molar-refractivity contribution is 5.71. The first-order valence-corrected chi connectivity index (χ1v) is 7.64. The number of carbonyl (C=O) groups is 1. The number of benzene rings is 2. The van der Waals surface area contributed by atoms with Gasteiger partial charge in [-0.15, -0.1) is 0 Å². The summed E-state index contributed by atoms with van der Waals surface area (Å²) in [5.41, 5.74) is 4.50. The minimum atomic E-state index is -0.377. The van der Waals surface area contributed by atoms with E-state index in [0.717, 1.165) is 30.0 Å². The lowest BCUT2D eigenvalue weighted by molar-refractivity contribution is -0.142. The Morgan fingerprint density at radius 3 is 2.22 bits per heavy atom. The Labute approximate surface area is 137 Å². The summed E-state index contributed by atoms with van der Waals surface area (Å²) in [5.74, 6) is 0.375. The fraction of sp³-hybridized carbons (Fsp3) is 0.316. The third-order valence-corrected chi connectivity index (χ3v) is 3.58. The van der Waals surface area contributed by atoms with Gasteiger partial charge in [-0.2, -0.15) is 0 Å². The van der Waals surface area contributed by atoms with Crippen molar-refractivity contribution < 1.29 is 14.3 Å². The molecule has 0 saturated carbocycles. The topological polar surface area (TPSA) is 47.6 Å². The molecular weight excluding hydrogens is 290 g/mol. The first-order chi connectivity index (χ1) is 11.1. The van der Waals surface area contributed by atoms with Gasteiger partial charge in [0.05, 0.1) is 7.11 Å². The van der Waals surface area contributed by atoms with Crippen LogP contribution in [0.5, 0.6) is 5.75 Å². The summed E-state index contributed by atoms with van der Waals surface area (Å²) < 4.78 is 10.2. The normalized spacial score (nSPS) is 10.4. The van der Waals surface area contributed by atoms with Gasteiger partial charge >= 0.3 is 5.97 Å². The van der Waals surface area contributed by atoms with Crippen molar-refractivity contribution in [1.82, 2.24) is 5.32 Å². The van der Waals surface area contributed by atoms with Gasteiger partial charge in [0.25, 0.3) is 0 Å². The van der Waals surface area contributed by atoms with Crippen molar-refractivity contribution in [2.45, 2.75) is 26.9 Å². The van der Waals surface area contributed by atoms with Crippen molar-refractivity contribution in [3.05, 3.63) is 64.7 Å². The summed E-state index contributed by atoms with van der Waals surface area (Å²) >= 11 is 0. The maximum atomic E-state index is 11.2. The van der Waals surface area contributed by atoms with Gasteiger partial charge in [-0.05, 0) is 36.1 Å². The summed E-state index contributed by atoms with van der Waals surface area (Å²) in [6, 6.07) is 14.5. The van der Waals surface area contributed by atoms with Crippen molar-refractivity contribution in [3.63, 3.8) is 0 Å². The molecule has 0 bridgehead atoms. The van der Waals surface area contributed by atoms with Crippen LogP contribution in [0.15, 0.2) is 42.5 Å². The zero-order valence-corrected chi connectivity index (χ0v) is 13.9. The molecule has 122 valence electrons. The molecule has 0 aliphatic carbocycles. The molecule has 0 fully saturated rings. The van der Waals surface area contributed by atoms with E-state index in [-0.39, 0.29) is 12.6 Å². The van der Waals surface area contributed by atoms with Crippen molar-refractivity contribution in [3.8, 4) is 5.75 Å². The molecule has 2 aromatic carbocycles. The number of hydrogen-bond acceptors (Lipinski definition) is 4. The third kappa shape index (κ3) is 5.11. The Kier molecular flexibility index (Phi) is 6.18. The fourth-order valence-corrected chi connectivity index (χ4v) is 2.51. The van der Waals surface area contributed by atoms with Crippen LogP contribution in [0.3, 0.4) is 0 Å². The number of rotatable bonds is 7. The molecule has 0 radical (unpaired) electrons. The highest BCUT2D eigenvalue weighted by Gasteiger charge is 2.09. The Hall–Kier alpha value is -2.33. The third-order valence-electron chi connectivity index (χ3n) is 3.58. The van der Waals surface area contributed by atoms with Crippen molar-refractivity contribution in [1.29, 1.82) is 0 Å². The van der Waals surface area contributed by atoms with Crippen LogP contribution in [0.4, 0.5) is 0 Å². The highest BCUT2D eigenvalue weighted by Crippen LogP contribution is 2.25. The lowest BCUT2D eigenvalue weighted by Gasteiger charge is -2.14. The Morgan fingerprint density at radius 1 is 1.00 bits per heavy atom. The van der Waals surface area contributed by atoms with Gasteiger partial charge in [0.15, 0.2) is 6.61 Å². The van der Waals surface area contributed by atoms with Crippen molar-refractivity contribution in [2.75, 3.05) is 13.7 Å². The van der Waals surface area contributed by atoms with Crippen LogP contribution in [0, 0.1) is 13.8 Å². The molecule has 0 spiro atoms. The van der Waals surface area contributed by atoms with E-state index in [4.69, 9.17) is 4.74 Å². The zero-order valence-electron chi connectivity index (χ0n) is 13.9. The van der Waals surface area contributed by atoms with E-state index in [1.165, 1.54) is 18.2 Å². The summed E-state index contributed by atoms with van der Waals surface area (Å²) in [5, 5.41) is 3.44. The van der Waals surface area contributed by atoms with Crippen molar-refractivity contribution in [2.24, 2.45) is 0 Å². The van der Waals surface area contributed by atoms with E-state index in [1.54, 1.807) is 0 Å². The van der Waals surface area contributed by atoms with Gasteiger partial charge in [0.2, 0.25) is 0 Å². The zero-order chi connectivity index (χ0) is 16.7.